The van der Waals surface area contributed by atoms with E-state index < -0.39 is 0 Å². The van der Waals surface area contributed by atoms with Crippen LogP contribution < -0.4 is 5.73 Å². The number of rotatable bonds is 4. The van der Waals surface area contributed by atoms with Crippen LogP contribution in [0.1, 0.15) is 22.4 Å². The van der Waals surface area contributed by atoms with Gasteiger partial charge >= 0.3 is 0 Å². The number of nitriles is 1. The Morgan fingerprint density at radius 3 is 2.68 bits per heavy atom. The molecule has 0 radical (unpaired) electrons. The van der Waals surface area contributed by atoms with Crippen LogP contribution in [0.5, 0.6) is 0 Å². The van der Waals surface area contributed by atoms with Gasteiger partial charge in [0, 0.05) is 41.4 Å². The number of hydrogen-bond acceptors (Lipinski definition) is 4. The third-order valence-electron chi connectivity index (χ3n) is 4.16. The van der Waals surface area contributed by atoms with E-state index in [1.54, 1.807) is 6.20 Å². The van der Waals surface area contributed by atoms with Crippen molar-refractivity contribution in [1.29, 1.82) is 5.26 Å². The molecule has 2 heterocycles. The minimum absolute atomic E-state index is 0.162. The molecule has 0 unspecified atom stereocenters. The van der Waals surface area contributed by atoms with E-state index in [1.165, 1.54) is 0 Å². The average Bonchev–Trinajstić information content (AvgIpc) is 2.93. The Bertz CT molecular complexity index is 955. The van der Waals surface area contributed by atoms with Crippen LogP contribution in [-0.4, -0.2) is 14.7 Å². The molecule has 0 atom stereocenters. The fourth-order valence-corrected chi connectivity index (χ4v) is 3.02. The highest BCUT2D eigenvalue weighted by Crippen LogP contribution is 2.30. The Morgan fingerprint density at radius 2 is 2.04 bits per heavy atom. The smallest absolute Gasteiger partial charge is 0.134 e. The van der Waals surface area contributed by atoms with Crippen molar-refractivity contribution < 1.29 is 5.11 Å². The van der Waals surface area contributed by atoms with Crippen molar-refractivity contribution in [2.75, 3.05) is 5.73 Å². The van der Waals surface area contributed by atoms with Gasteiger partial charge in [-0.2, -0.15) is 5.26 Å². The lowest BCUT2D eigenvalue weighted by Crippen LogP contribution is -2.02. The van der Waals surface area contributed by atoms with E-state index >= 15 is 0 Å². The molecule has 0 saturated carbocycles. The van der Waals surface area contributed by atoms with Gasteiger partial charge in [0.2, 0.25) is 0 Å². The number of pyridine rings is 1. The fraction of sp³-hybridized carbons (Fsp3) is 0.158. The number of anilines is 1. The van der Waals surface area contributed by atoms with Gasteiger partial charge in [0.15, 0.2) is 0 Å². The second-order valence-corrected chi connectivity index (χ2v) is 6.17. The molecule has 25 heavy (non-hydrogen) atoms. The highest BCUT2D eigenvalue weighted by molar-refractivity contribution is 6.30. The zero-order chi connectivity index (χ0) is 18.0. The van der Waals surface area contributed by atoms with E-state index in [1.807, 2.05) is 48.0 Å². The minimum Gasteiger partial charge on any atom is -0.399 e. The molecule has 0 bridgehead atoms. The Morgan fingerprint density at radius 1 is 1.32 bits per heavy atom. The lowest BCUT2D eigenvalue weighted by atomic mass is 10.0. The number of aromatic nitrogens is 2. The summed E-state index contributed by atoms with van der Waals surface area (Å²) in [5.74, 6) is 0. The molecule has 0 saturated heterocycles. The van der Waals surface area contributed by atoms with E-state index in [4.69, 9.17) is 17.3 Å². The minimum atomic E-state index is -0.162. The first-order valence-corrected chi connectivity index (χ1v) is 8.11. The highest BCUT2D eigenvalue weighted by atomic mass is 35.5. The molecule has 0 aliphatic carbocycles. The van der Waals surface area contributed by atoms with Gasteiger partial charge in [-0.25, -0.2) is 4.98 Å². The van der Waals surface area contributed by atoms with Gasteiger partial charge in [-0.05, 0) is 36.2 Å². The summed E-state index contributed by atoms with van der Waals surface area (Å²) in [5, 5.41) is 19.1. The zero-order valence-electron chi connectivity index (χ0n) is 13.7. The molecule has 0 aliphatic heterocycles. The lowest BCUT2D eigenvalue weighted by Gasteiger charge is -2.09. The van der Waals surface area contributed by atoms with Crippen molar-refractivity contribution in [2.24, 2.45) is 0 Å². The summed E-state index contributed by atoms with van der Waals surface area (Å²) in [6.45, 7) is 2.35. The molecule has 2 aromatic heterocycles. The number of benzene rings is 1. The number of nitrogen functional groups attached to an aromatic ring is 1. The number of nitrogens with two attached hydrogens (primary N) is 1. The van der Waals surface area contributed by atoms with Gasteiger partial charge in [0.05, 0.1) is 12.2 Å². The third-order valence-corrected chi connectivity index (χ3v) is 4.50. The molecule has 0 amide bonds. The Balaban J connectivity index is 2.01. The van der Waals surface area contributed by atoms with E-state index in [-0.39, 0.29) is 6.61 Å². The second-order valence-electron chi connectivity index (χ2n) is 5.82. The standard InChI is InChI=1S/C19H17ClN4O/c1-12-18(14-2-4-17(22)5-3-14)16(7-21)10-24(12)9-13-6-15(11-25)19(20)23-8-13/h2-6,8,10,25H,9,11,22H2,1H3. The van der Waals surface area contributed by atoms with Crippen molar-refractivity contribution in [1.82, 2.24) is 9.55 Å². The third kappa shape index (κ3) is 3.36. The summed E-state index contributed by atoms with van der Waals surface area (Å²) < 4.78 is 2.00. The Kier molecular flexibility index (Phi) is 4.75. The number of nitrogens with zero attached hydrogens (tertiary/aromatic N) is 3. The fourth-order valence-electron chi connectivity index (χ4n) is 2.86. The number of aliphatic hydroxyl groups is 1. The Hall–Kier alpha value is -2.81. The van der Waals surface area contributed by atoms with Crippen molar-refractivity contribution in [2.45, 2.75) is 20.1 Å². The molecular formula is C19H17ClN4O. The normalized spacial score (nSPS) is 10.6. The maximum Gasteiger partial charge on any atom is 0.134 e. The molecule has 3 N–H and O–H groups in total. The van der Waals surface area contributed by atoms with Gasteiger partial charge in [-0.1, -0.05) is 23.7 Å². The molecule has 0 aliphatic rings. The molecule has 6 heteroatoms. The van der Waals surface area contributed by atoms with E-state index in [0.717, 1.165) is 22.4 Å². The molecule has 0 spiro atoms. The molecule has 0 fully saturated rings. The second kappa shape index (κ2) is 6.98. The average molecular weight is 353 g/mol. The van der Waals surface area contributed by atoms with Gasteiger partial charge in [-0.15, -0.1) is 0 Å². The van der Waals surface area contributed by atoms with E-state index in [9.17, 15) is 10.4 Å². The molecular weight excluding hydrogens is 336 g/mol. The van der Waals surface area contributed by atoms with Crippen LogP contribution in [0.2, 0.25) is 5.15 Å². The van der Waals surface area contributed by atoms with Gasteiger partial charge in [-0.3, -0.25) is 0 Å². The monoisotopic (exact) mass is 352 g/mol. The SMILES string of the molecule is Cc1c(-c2ccc(N)cc2)c(C#N)cn1Cc1cnc(Cl)c(CO)c1. The first-order valence-electron chi connectivity index (χ1n) is 7.73. The van der Waals surface area contributed by atoms with Crippen molar-refractivity contribution in [3.8, 4) is 17.2 Å². The summed E-state index contributed by atoms with van der Waals surface area (Å²) in [7, 11) is 0. The van der Waals surface area contributed by atoms with E-state index in [2.05, 4.69) is 11.1 Å². The highest BCUT2D eigenvalue weighted by Gasteiger charge is 2.15. The first kappa shape index (κ1) is 17.0. The molecule has 126 valence electrons. The zero-order valence-corrected chi connectivity index (χ0v) is 14.5. The molecule has 5 nitrogen and oxygen atoms in total. The summed E-state index contributed by atoms with van der Waals surface area (Å²) >= 11 is 5.94. The summed E-state index contributed by atoms with van der Waals surface area (Å²) in [6, 6.07) is 11.6. The summed E-state index contributed by atoms with van der Waals surface area (Å²) in [4.78, 5) is 4.11. The van der Waals surface area contributed by atoms with Crippen molar-refractivity contribution in [3.63, 3.8) is 0 Å². The van der Waals surface area contributed by atoms with Crippen molar-refractivity contribution in [3.05, 3.63) is 70.3 Å². The molecule has 3 rings (SSSR count). The van der Waals surface area contributed by atoms with Crippen LogP contribution in [0.15, 0.2) is 42.7 Å². The number of halogens is 1. The van der Waals surface area contributed by atoms with Crippen LogP contribution >= 0.6 is 11.6 Å². The van der Waals surface area contributed by atoms with E-state index in [0.29, 0.717) is 28.5 Å². The lowest BCUT2D eigenvalue weighted by molar-refractivity contribution is 0.281. The first-order chi connectivity index (χ1) is 12.0. The van der Waals surface area contributed by atoms with Crippen LogP contribution in [0.4, 0.5) is 5.69 Å². The molecule has 1 aromatic carbocycles. The molecule has 3 aromatic rings. The predicted octanol–water partition coefficient (Wildman–Crippen LogP) is 3.51. The van der Waals surface area contributed by atoms with Crippen molar-refractivity contribution >= 4 is 17.3 Å². The van der Waals surface area contributed by atoms with Crippen LogP contribution in [0.25, 0.3) is 11.1 Å². The summed E-state index contributed by atoms with van der Waals surface area (Å²) in [5.41, 5.74) is 11.3. The topological polar surface area (TPSA) is 87.9 Å². The van der Waals surface area contributed by atoms with Gasteiger partial charge in [0.25, 0.3) is 0 Å². The maximum absolute atomic E-state index is 9.51. The largest absolute Gasteiger partial charge is 0.399 e. The summed E-state index contributed by atoms with van der Waals surface area (Å²) in [6.07, 6.45) is 3.50. The predicted molar refractivity (Wildman–Crippen MR) is 98.0 cm³/mol. The Labute approximate surface area is 150 Å². The number of hydrogen-bond donors (Lipinski definition) is 2. The quantitative estimate of drug-likeness (QED) is 0.555. The van der Waals surface area contributed by atoms with Crippen LogP contribution in [0.3, 0.4) is 0 Å². The maximum atomic E-state index is 9.51. The van der Waals surface area contributed by atoms with Crippen LogP contribution in [-0.2, 0) is 13.2 Å². The van der Waals surface area contributed by atoms with Gasteiger partial charge in [0.1, 0.15) is 11.2 Å². The number of aliphatic hydroxyl groups excluding tert-OH is 1. The van der Waals surface area contributed by atoms with Gasteiger partial charge < -0.3 is 15.4 Å². The van der Waals surface area contributed by atoms with Crippen LogP contribution in [0, 0.1) is 18.3 Å².